The van der Waals surface area contributed by atoms with Crippen LogP contribution >= 0.6 is 0 Å². The Labute approximate surface area is 106 Å². The number of hydrogen-bond acceptors (Lipinski definition) is 4. The lowest BCUT2D eigenvalue weighted by molar-refractivity contribution is 0.0251. The number of amides is 1. The van der Waals surface area contributed by atoms with Gasteiger partial charge < -0.3 is 14.7 Å². The molecule has 1 amide bonds. The van der Waals surface area contributed by atoms with Crippen molar-refractivity contribution in [2.24, 2.45) is 5.11 Å². The third kappa shape index (κ3) is 4.43. The third-order valence-corrected chi connectivity index (χ3v) is 2.69. The highest BCUT2D eigenvalue weighted by Crippen LogP contribution is 2.17. The molecule has 1 fully saturated rings. The molecule has 0 aromatic carbocycles. The molecule has 0 unspecified atom stereocenters. The molecule has 102 valence electrons. The number of carbonyl (C=O) groups is 1. The van der Waals surface area contributed by atoms with Crippen molar-refractivity contribution >= 4 is 6.09 Å². The normalized spacial score (nSPS) is 25.0. The molecule has 0 saturated carbocycles. The highest BCUT2D eigenvalue weighted by atomic mass is 16.6. The number of hydrogen-bond donors (Lipinski definition) is 1. The number of nitrogens with zero attached hydrogens (tertiary/aromatic N) is 4. The maximum atomic E-state index is 11.9. The summed E-state index contributed by atoms with van der Waals surface area (Å²) < 4.78 is 5.27. The second-order valence-electron chi connectivity index (χ2n) is 5.38. The first-order chi connectivity index (χ1) is 8.33. The number of likely N-dealkylation sites (tertiary alicyclic amines) is 1. The Kier molecular flexibility index (Phi) is 4.81. The molecule has 2 atom stereocenters. The average molecular weight is 256 g/mol. The van der Waals surface area contributed by atoms with E-state index < -0.39 is 23.8 Å². The van der Waals surface area contributed by atoms with Crippen LogP contribution in [0.15, 0.2) is 5.11 Å². The molecule has 1 saturated heterocycles. The van der Waals surface area contributed by atoms with E-state index in [0.717, 1.165) is 0 Å². The van der Waals surface area contributed by atoms with E-state index in [9.17, 15) is 9.90 Å². The predicted octanol–water partition coefficient (Wildman–Crippen LogP) is 2.06. The first-order valence-electron chi connectivity index (χ1n) is 6.03. The maximum Gasteiger partial charge on any atom is 0.410 e. The minimum atomic E-state index is -0.701. The summed E-state index contributed by atoms with van der Waals surface area (Å²) >= 11 is 0. The SMILES string of the molecule is CC(C)(C)OC(=O)N1CC[C@H](N=[N+]=[N-])[C@@H](O)CC1. The van der Waals surface area contributed by atoms with E-state index in [1.807, 2.05) is 0 Å². The number of azide groups is 1. The first kappa shape index (κ1) is 14.6. The summed E-state index contributed by atoms with van der Waals surface area (Å²) in [6, 6.07) is -0.470. The lowest BCUT2D eigenvalue weighted by Crippen LogP contribution is -2.37. The minimum Gasteiger partial charge on any atom is -0.444 e. The second-order valence-corrected chi connectivity index (χ2v) is 5.38. The van der Waals surface area contributed by atoms with Crippen LogP contribution in [0.2, 0.25) is 0 Å². The van der Waals surface area contributed by atoms with Crippen LogP contribution in [0.25, 0.3) is 10.4 Å². The molecule has 18 heavy (non-hydrogen) atoms. The van der Waals surface area contributed by atoms with E-state index in [4.69, 9.17) is 10.3 Å². The van der Waals surface area contributed by atoms with Gasteiger partial charge in [0.05, 0.1) is 12.1 Å². The van der Waals surface area contributed by atoms with Crippen molar-refractivity contribution in [3.8, 4) is 0 Å². The number of rotatable bonds is 1. The summed E-state index contributed by atoms with van der Waals surface area (Å²) in [5.74, 6) is 0. The van der Waals surface area contributed by atoms with Crippen LogP contribution in [0.5, 0.6) is 0 Å². The Balaban J connectivity index is 2.61. The molecule has 0 bridgehead atoms. The Bertz CT molecular complexity index is 347. The molecule has 0 aromatic heterocycles. The monoisotopic (exact) mass is 256 g/mol. The number of carbonyl (C=O) groups excluding carboxylic acids is 1. The Morgan fingerprint density at radius 2 is 2.06 bits per heavy atom. The molecule has 1 rings (SSSR count). The smallest absolute Gasteiger partial charge is 0.410 e. The van der Waals surface area contributed by atoms with E-state index in [1.54, 1.807) is 25.7 Å². The van der Waals surface area contributed by atoms with Crippen LogP contribution in [0.4, 0.5) is 4.79 Å². The van der Waals surface area contributed by atoms with Crippen molar-refractivity contribution < 1.29 is 14.6 Å². The molecule has 0 spiro atoms. The summed E-state index contributed by atoms with van der Waals surface area (Å²) in [5.41, 5.74) is 7.86. The molecule has 1 aliphatic rings. The predicted molar refractivity (Wildman–Crippen MR) is 66.0 cm³/mol. The average Bonchev–Trinajstić information content (AvgIpc) is 2.40. The molecule has 0 aliphatic carbocycles. The van der Waals surface area contributed by atoms with Crippen LogP contribution in [0, 0.1) is 0 Å². The van der Waals surface area contributed by atoms with Gasteiger partial charge in [-0.1, -0.05) is 5.11 Å². The third-order valence-electron chi connectivity index (χ3n) is 2.69. The van der Waals surface area contributed by atoms with Gasteiger partial charge in [-0.2, -0.15) is 0 Å². The Hall–Kier alpha value is -1.46. The molecule has 1 N–H and O–H groups in total. The van der Waals surface area contributed by atoms with Gasteiger partial charge in [0.15, 0.2) is 0 Å². The highest BCUT2D eigenvalue weighted by Gasteiger charge is 2.28. The lowest BCUT2D eigenvalue weighted by Gasteiger charge is -2.26. The number of aliphatic hydroxyl groups is 1. The zero-order chi connectivity index (χ0) is 13.8. The van der Waals surface area contributed by atoms with Gasteiger partial charge in [0.1, 0.15) is 5.60 Å². The van der Waals surface area contributed by atoms with Gasteiger partial charge in [0, 0.05) is 18.0 Å². The Morgan fingerprint density at radius 3 is 2.61 bits per heavy atom. The lowest BCUT2D eigenvalue weighted by atomic mass is 10.1. The summed E-state index contributed by atoms with van der Waals surface area (Å²) in [7, 11) is 0. The van der Waals surface area contributed by atoms with Crippen LogP contribution in [0.3, 0.4) is 0 Å². The van der Waals surface area contributed by atoms with Crippen LogP contribution < -0.4 is 0 Å². The van der Waals surface area contributed by atoms with E-state index in [0.29, 0.717) is 25.9 Å². The molecule has 0 radical (unpaired) electrons. The first-order valence-corrected chi connectivity index (χ1v) is 6.03. The maximum absolute atomic E-state index is 11.9. The quantitative estimate of drug-likeness (QED) is 0.441. The molecule has 0 aromatic rings. The van der Waals surface area contributed by atoms with Crippen molar-refractivity contribution in [2.75, 3.05) is 13.1 Å². The summed E-state index contributed by atoms with van der Waals surface area (Å²) in [6.45, 7) is 6.25. The van der Waals surface area contributed by atoms with E-state index in [-0.39, 0.29) is 0 Å². The molecular weight excluding hydrogens is 236 g/mol. The molecule has 1 heterocycles. The van der Waals surface area contributed by atoms with E-state index >= 15 is 0 Å². The number of aliphatic hydroxyl groups excluding tert-OH is 1. The van der Waals surface area contributed by atoms with Gasteiger partial charge in [-0.3, -0.25) is 0 Å². The van der Waals surface area contributed by atoms with Gasteiger partial charge >= 0.3 is 6.09 Å². The van der Waals surface area contributed by atoms with Gasteiger partial charge in [-0.15, -0.1) is 0 Å². The number of ether oxygens (including phenoxy) is 1. The second kappa shape index (κ2) is 5.93. The summed E-state index contributed by atoms with van der Waals surface area (Å²) in [4.78, 5) is 16.1. The van der Waals surface area contributed by atoms with Crippen molar-refractivity contribution in [1.29, 1.82) is 0 Å². The fourth-order valence-electron chi connectivity index (χ4n) is 1.78. The molecule has 7 heteroatoms. The summed E-state index contributed by atoms with van der Waals surface area (Å²) in [6.07, 6.45) is -0.252. The highest BCUT2D eigenvalue weighted by molar-refractivity contribution is 5.68. The zero-order valence-electron chi connectivity index (χ0n) is 11.0. The van der Waals surface area contributed by atoms with Gasteiger partial charge in [0.25, 0.3) is 0 Å². The van der Waals surface area contributed by atoms with Crippen LogP contribution in [0.1, 0.15) is 33.6 Å². The standard InChI is InChI=1S/C11H20N4O3/c1-11(2,3)18-10(17)15-6-4-8(13-14-12)9(16)5-7-15/h8-9,16H,4-7H2,1-3H3/t8-,9-/m0/s1. The summed E-state index contributed by atoms with van der Waals surface area (Å²) in [5, 5.41) is 13.3. The fourth-order valence-corrected chi connectivity index (χ4v) is 1.78. The van der Waals surface area contributed by atoms with Crippen molar-refractivity contribution in [3.63, 3.8) is 0 Å². The topological polar surface area (TPSA) is 98.5 Å². The van der Waals surface area contributed by atoms with Gasteiger partial charge in [0.2, 0.25) is 0 Å². The molecule has 1 aliphatic heterocycles. The molecular formula is C11H20N4O3. The molecule has 7 nitrogen and oxygen atoms in total. The largest absolute Gasteiger partial charge is 0.444 e. The van der Waals surface area contributed by atoms with Crippen molar-refractivity contribution in [3.05, 3.63) is 10.4 Å². The van der Waals surface area contributed by atoms with Gasteiger partial charge in [-0.05, 0) is 39.1 Å². The minimum absolute atomic E-state index is 0.392. The van der Waals surface area contributed by atoms with E-state index in [1.165, 1.54) is 0 Å². The fraction of sp³-hybridized carbons (Fsp3) is 0.909. The van der Waals surface area contributed by atoms with Crippen molar-refractivity contribution in [2.45, 2.75) is 51.4 Å². The van der Waals surface area contributed by atoms with E-state index in [2.05, 4.69) is 10.0 Å². The Morgan fingerprint density at radius 1 is 1.44 bits per heavy atom. The van der Waals surface area contributed by atoms with Crippen LogP contribution in [-0.4, -0.2) is 46.9 Å². The van der Waals surface area contributed by atoms with Crippen molar-refractivity contribution in [1.82, 2.24) is 4.90 Å². The van der Waals surface area contributed by atoms with Crippen LogP contribution in [-0.2, 0) is 4.74 Å². The van der Waals surface area contributed by atoms with Gasteiger partial charge in [-0.25, -0.2) is 4.79 Å². The zero-order valence-corrected chi connectivity index (χ0v) is 11.0.